The summed E-state index contributed by atoms with van der Waals surface area (Å²) in [6.45, 7) is 6.44. The molecule has 1 saturated heterocycles. The second-order valence-corrected chi connectivity index (χ2v) is 8.24. The van der Waals surface area contributed by atoms with Gasteiger partial charge in [0.15, 0.2) is 0 Å². The molecule has 1 aliphatic rings. The lowest BCUT2D eigenvalue weighted by Crippen LogP contribution is -2.36. The number of hydrogen-bond donors (Lipinski definition) is 1. The second-order valence-electron chi connectivity index (χ2n) is 8.24. The third-order valence-corrected chi connectivity index (χ3v) is 4.96. The van der Waals surface area contributed by atoms with Crippen molar-refractivity contribution in [2.24, 2.45) is 0 Å². The SMILES string of the molecule is CC(C)(C)OC(=O)N1CC[C@@H](n2c(=O)n(-c3ccc(O)cc3)c3cnccc32)C1. The van der Waals surface area contributed by atoms with E-state index in [9.17, 15) is 14.7 Å². The molecule has 0 aliphatic carbocycles. The molecular formula is C21H24N4O4. The molecule has 0 spiro atoms. The fourth-order valence-electron chi connectivity index (χ4n) is 3.72. The molecule has 1 fully saturated rings. The number of aromatic hydroxyl groups is 1. The maximum Gasteiger partial charge on any atom is 0.410 e. The number of likely N-dealkylation sites (tertiary alicyclic amines) is 1. The van der Waals surface area contributed by atoms with E-state index in [1.165, 1.54) is 0 Å². The molecule has 0 bridgehead atoms. The maximum absolute atomic E-state index is 13.4. The largest absolute Gasteiger partial charge is 0.508 e. The highest BCUT2D eigenvalue weighted by atomic mass is 16.6. The van der Waals surface area contributed by atoms with Gasteiger partial charge in [0.05, 0.1) is 29.0 Å². The van der Waals surface area contributed by atoms with Crippen molar-refractivity contribution in [2.75, 3.05) is 13.1 Å². The molecule has 152 valence electrons. The number of ether oxygens (including phenoxy) is 1. The lowest BCUT2D eigenvalue weighted by Gasteiger charge is -2.24. The zero-order valence-corrected chi connectivity index (χ0v) is 16.7. The molecule has 8 nitrogen and oxygen atoms in total. The number of nitrogens with zero attached hydrogens (tertiary/aromatic N) is 4. The van der Waals surface area contributed by atoms with Crippen molar-refractivity contribution in [1.82, 2.24) is 19.0 Å². The lowest BCUT2D eigenvalue weighted by molar-refractivity contribution is 0.0289. The van der Waals surface area contributed by atoms with Gasteiger partial charge in [-0.05, 0) is 57.5 Å². The lowest BCUT2D eigenvalue weighted by atomic mass is 10.2. The van der Waals surface area contributed by atoms with E-state index in [0.717, 1.165) is 5.52 Å². The van der Waals surface area contributed by atoms with E-state index in [2.05, 4.69) is 4.98 Å². The van der Waals surface area contributed by atoms with Crippen molar-refractivity contribution in [3.05, 3.63) is 53.2 Å². The van der Waals surface area contributed by atoms with Gasteiger partial charge in [0.1, 0.15) is 11.4 Å². The fourth-order valence-corrected chi connectivity index (χ4v) is 3.72. The van der Waals surface area contributed by atoms with Crippen LogP contribution in [0, 0.1) is 0 Å². The third-order valence-electron chi connectivity index (χ3n) is 4.96. The molecule has 1 atom stereocenters. The first-order chi connectivity index (χ1) is 13.7. The number of benzene rings is 1. The number of aromatic nitrogens is 3. The van der Waals surface area contributed by atoms with Crippen LogP contribution in [0.15, 0.2) is 47.5 Å². The minimum absolute atomic E-state index is 0.132. The Morgan fingerprint density at radius 3 is 2.59 bits per heavy atom. The quantitative estimate of drug-likeness (QED) is 0.719. The van der Waals surface area contributed by atoms with Gasteiger partial charge in [-0.1, -0.05) is 0 Å². The van der Waals surface area contributed by atoms with Gasteiger partial charge in [0.25, 0.3) is 0 Å². The third kappa shape index (κ3) is 3.57. The molecule has 4 rings (SSSR count). The van der Waals surface area contributed by atoms with Crippen molar-refractivity contribution in [2.45, 2.75) is 38.8 Å². The van der Waals surface area contributed by atoms with Crippen LogP contribution in [0.25, 0.3) is 16.7 Å². The molecule has 0 saturated carbocycles. The van der Waals surface area contributed by atoms with Crippen LogP contribution in [-0.4, -0.2) is 48.9 Å². The van der Waals surface area contributed by atoms with Gasteiger partial charge < -0.3 is 14.7 Å². The highest BCUT2D eigenvalue weighted by Crippen LogP contribution is 2.27. The summed E-state index contributed by atoms with van der Waals surface area (Å²) >= 11 is 0. The summed E-state index contributed by atoms with van der Waals surface area (Å²) < 4.78 is 8.78. The van der Waals surface area contributed by atoms with Gasteiger partial charge >= 0.3 is 11.8 Å². The zero-order valence-electron chi connectivity index (χ0n) is 16.7. The van der Waals surface area contributed by atoms with Crippen LogP contribution in [-0.2, 0) is 4.74 Å². The normalized spacial score (nSPS) is 17.1. The molecule has 0 unspecified atom stereocenters. The molecule has 3 aromatic rings. The van der Waals surface area contributed by atoms with E-state index in [0.29, 0.717) is 30.7 Å². The molecule has 1 amide bonds. The van der Waals surface area contributed by atoms with Crippen LogP contribution in [0.5, 0.6) is 5.75 Å². The number of carbonyl (C=O) groups excluding carboxylic acids is 1. The summed E-state index contributed by atoms with van der Waals surface area (Å²) in [7, 11) is 0. The van der Waals surface area contributed by atoms with Gasteiger partial charge in [-0.15, -0.1) is 0 Å². The minimum Gasteiger partial charge on any atom is -0.508 e. The molecule has 29 heavy (non-hydrogen) atoms. The summed E-state index contributed by atoms with van der Waals surface area (Å²) in [6, 6.07) is 8.12. The van der Waals surface area contributed by atoms with E-state index in [-0.39, 0.29) is 23.6 Å². The monoisotopic (exact) mass is 396 g/mol. The number of pyridine rings is 1. The number of phenolic OH excluding ortho intramolecular Hbond substituents is 1. The highest BCUT2D eigenvalue weighted by molar-refractivity contribution is 5.77. The van der Waals surface area contributed by atoms with Crippen molar-refractivity contribution in [1.29, 1.82) is 0 Å². The summed E-state index contributed by atoms with van der Waals surface area (Å²) in [5, 5.41) is 9.57. The van der Waals surface area contributed by atoms with E-state index in [4.69, 9.17) is 4.74 Å². The van der Waals surface area contributed by atoms with Gasteiger partial charge in [-0.2, -0.15) is 0 Å². The van der Waals surface area contributed by atoms with Gasteiger partial charge in [-0.3, -0.25) is 14.1 Å². The second kappa shape index (κ2) is 6.95. The molecule has 0 radical (unpaired) electrons. The van der Waals surface area contributed by atoms with Crippen LogP contribution in [0.3, 0.4) is 0 Å². The van der Waals surface area contributed by atoms with E-state index < -0.39 is 5.60 Å². The first kappa shape index (κ1) is 19.0. The Morgan fingerprint density at radius 1 is 1.17 bits per heavy atom. The fraction of sp³-hybridized carbons (Fsp3) is 0.381. The number of carbonyl (C=O) groups is 1. The van der Waals surface area contributed by atoms with Crippen LogP contribution >= 0.6 is 0 Å². The number of fused-ring (bicyclic) bond motifs is 1. The molecule has 1 aliphatic heterocycles. The van der Waals surface area contributed by atoms with Gasteiger partial charge in [-0.25, -0.2) is 9.59 Å². The average molecular weight is 396 g/mol. The molecule has 2 aromatic heterocycles. The molecule has 1 N–H and O–H groups in total. The van der Waals surface area contributed by atoms with Crippen molar-refractivity contribution in [3.8, 4) is 11.4 Å². The minimum atomic E-state index is -0.563. The average Bonchev–Trinajstić information content (AvgIpc) is 3.23. The predicted octanol–water partition coefficient (Wildman–Crippen LogP) is 3.07. The molecular weight excluding hydrogens is 372 g/mol. The Hall–Kier alpha value is -3.29. The standard InChI is InChI=1S/C21H24N4O4/c1-21(2,3)29-20(28)23-11-9-15(13-23)25-17-8-10-22-12-18(17)24(19(25)27)14-4-6-16(26)7-5-14/h4-8,10,12,15,26H,9,11,13H2,1-3H3/t15-/m1/s1. The van der Waals surface area contributed by atoms with Gasteiger partial charge in [0.2, 0.25) is 0 Å². The van der Waals surface area contributed by atoms with E-state index in [1.807, 2.05) is 26.8 Å². The van der Waals surface area contributed by atoms with Crippen molar-refractivity contribution < 1.29 is 14.6 Å². The van der Waals surface area contributed by atoms with E-state index in [1.54, 1.807) is 50.7 Å². The Kier molecular flexibility index (Phi) is 4.56. The Bertz CT molecular complexity index is 1110. The molecule has 1 aromatic carbocycles. The van der Waals surface area contributed by atoms with Crippen molar-refractivity contribution in [3.63, 3.8) is 0 Å². The summed E-state index contributed by atoms with van der Waals surface area (Å²) in [6.07, 6.45) is 3.61. The summed E-state index contributed by atoms with van der Waals surface area (Å²) in [4.78, 5) is 31.6. The predicted molar refractivity (Wildman–Crippen MR) is 108 cm³/mol. The Labute approximate surface area is 168 Å². The van der Waals surface area contributed by atoms with Crippen LogP contribution in [0.4, 0.5) is 4.79 Å². The van der Waals surface area contributed by atoms with Crippen LogP contribution in [0.2, 0.25) is 0 Å². The zero-order chi connectivity index (χ0) is 20.8. The molecule has 3 heterocycles. The first-order valence-electron chi connectivity index (χ1n) is 9.59. The Morgan fingerprint density at radius 2 is 1.90 bits per heavy atom. The number of hydrogen-bond acceptors (Lipinski definition) is 5. The summed E-state index contributed by atoms with van der Waals surface area (Å²) in [5.41, 5.74) is 1.32. The number of phenols is 1. The van der Waals surface area contributed by atoms with Crippen LogP contribution < -0.4 is 5.69 Å². The smallest absolute Gasteiger partial charge is 0.410 e. The highest BCUT2D eigenvalue weighted by Gasteiger charge is 2.33. The Balaban J connectivity index is 1.72. The summed E-state index contributed by atoms with van der Waals surface area (Å²) in [5.74, 6) is 0.132. The number of imidazole rings is 1. The first-order valence-corrected chi connectivity index (χ1v) is 9.59. The van der Waals surface area contributed by atoms with Gasteiger partial charge in [0, 0.05) is 19.3 Å². The topological polar surface area (TPSA) is 89.6 Å². The number of amides is 1. The maximum atomic E-state index is 13.4. The number of rotatable bonds is 2. The van der Waals surface area contributed by atoms with Crippen LogP contribution in [0.1, 0.15) is 33.2 Å². The molecule has 8 heteroatoms. The van der Waals surface area contributed by atoms with E-state index >= 15 is 0 Å². The van der Waals surface area contributed by atoms with Crippen molar-refractivity contribution >= 4 is 17.1 Å².